The fourth-order valence-electron chi connectivity index (χ4n) is 3.08. The summed E-state index contributed by atoms with van der Waals surface area (Å²) in [5.74, 6) is 0.675. The Kier molecular flexibility index (Phi) is 3.69. The number of amides is 1. The number of nitrogens with one attached hydrogen (secondary N) is 1. The lowest BCUT2D eigenvalue weighted by Crippen LogP contribution is -2.27. The molecule has 0 atom stereocenters. The van der Waals surface area contributed by atoms with E-state index in [1.165, 1.54) is 5.56 Å². The topological polar surface area (TPSA) is 43.3 Å². The minimum Gasteiger partial charge on any atom is -0.490 e. The molecule has 1 aliphatic rings. The molecule has 4 nitrogen and oxygen atoms in total. The molecule has 0 saturated heterocycles. The Balaban J connectivity index is 1.64. The van der Waals surface area contributed by atoms with Crippen molar-refractivity contribution in [3.05, 3.63) is 64.3 Å². The maximum Gasteiger partial charge on any atom is 0.268 e. The fourth-order valence-corrected chi connectivity index (χ4v) is 3.28. The lowest BCUT2D eigenvalue weighted by molar-refractivity contribution is 0.0940. The highest BCUT2D eigenvalue weighted by Gasteiger charge is 2.22. The monoisotopic (exact) mass is 340 g/mol. The summed E-state index contributed by atoms with van der Waals surface area (Å²) in [7, 11) is 0. The molecule has 122 valence electrons. The number of rotatable bonds is 3. The van der Waals surface area contributed by atoms with Crippen molar-refractivity contribution in [1.29, 1.82) is 0 Å². The Hall–Kier alpha value is -2.46. The summed E-state index contributed by atoms with van der Waals surface area (Å²) in [6.45, 7) is 3.74. The zero-order valence-electron chi connectivity index (χ0n) is 13.3. The maximum atomic E-state index is 12.7. The first kappa shape index (κ1) is 15.1. The first-order valence-corrected chi connectivity index (χ1v) is 8.29. The summed E-state index contributed by atoms with van der Waals surface area (Å²) < 4.78 is 7.66. The predicted octanol–water partition coefficient (Wildman–Crippen LogP) is 3.93. The van der Waals surface area contributed by atoms with Gasteiger partial charge in [-0.05, 0) is 30.7 Å². The van der Waals surface area contributed by atoms with E-state index in [1.54, 1.807) is 0 Å². The number of aromatic nitrogens is 1. The number of hydrogen-bond acceptors (Lipinski definition) is 2. The fraction of sp³-hybridized carbons (Fsp3) is 0.211. The highest BCUT2D eigenvalue weighted by molar-refractivity contribution is 6.36. The molecule has 0 fully saturated rings. The van der Waals surface area contributed by atoms with Gasteiger partial charge in [-0.25, -0.2) is 0 Å². The van der Waals surface area contributed by atoms with Crippen molar-refractivity contribution in [3.63, 3.8) is 0 Å². The molecule has 1 aromatic heterocycles. The van der Waals surface area contributed by atoms with Gasteiger partial charge in [-0.3, -0.25) is 4.79 Å². The zero-order chi connectivity index (χ0) is 16.7. The third-order valence-electron chi connectivity index (χ3n) is 4.35. The highest BCUT2D eigenvalue weighted by atomic mass is 35.5. The lowest BCUT2D eigenvalue weighted by Gasteiger charge is -2.19. The molecule has 0 radical (unpaired) electrons. The van der Waals surface area contributed by atoms with Gasteiger partial charge in [-0.2, -0.15) is 0 Å². The molecule has 3 aromatic rings. The molecule has 5 heteroatoms. The first-order chi connectivity index (χ1) is 11.6. The molecule has 24 heavy (non-hydrogen) atoms. The van der Waals surface area contributed by atoms with Gasteiger partial charge in [0.2, 0.25) is 0 Å². The van der Waals surface area contributed by atoms with E-state index in [-0.39, 0.29) is 5.91 Å². The second kappa shape index (κ2) is 5.87. The average molecular weight is 341 g/mol. The Labute approximate surface area is 145 Å². The van der Waals surface area contributed by atoms with Crippen LogP contribution in [0.15, 0.2) is 42.5 Å². The van der Waals surface area contributed by atoms with Crippen molar-refractivity contribution in [3.8, 4) is 5.75 Å². The molecule has 0 unspecified atom stereocenters. The van der Waals surface area contributed by atoms with E-state index in [0.717, 1.165) is 22.2 Å². The Morgan fingerprint density at radius 2 is 2.04 bits per heavy atom. The van der Waals surface area contributed by atoms with Gasteiger partial charge in [0, 0.05) is 11.9 Å². The summed E-state index contributed by atoms with van der Waals surface area (Å²) in [6, 6.07) is 13.6. The third-order valence-corrected chi connectivity index (χ3v) is 4.68. The van der Waals surface area contributed by atoms with Crippen molar-refractivity contribution in [2.24, 2.45) is 0 Å². The van der Waals surface area contributed by atoms with E-state index in [4.69, 9.17) is 16.3 Å². The molecule has 0 aliphatic carbocycles. The predicted molar refractivity (Wildman–Crippen MR) is 94.8 cm³/mol. The number of halogens is 1. The number of benzene rings is 2. The van der Waals surface area contributed by atoms with Crippen molar-refractivity contribution >= 4 is 28.4 Å². The Morgan fingerprint density at radius 3 is 2.83 bits per heavy atom. The van der Waals surface area contributed by atoms with Crippen LogP contribution >= 0.6 is 11.6 Å². The van der Waals surface area contributed by atoms with E-state index in [1.807, 2.05) is 54.0 Å². The van der Waals surface area contributed by atoms with Gasteiger partial charge < -0.3 is 14.6 Å². The number of carbonyl (C=O) groups is 1. The molecule has 1 aliphatic heterocycles. The summed E-state index contributed by atoms with van der Waals surface area (Å²) in [5.41, 5.74) is 3.80. The number of carbonyl (C=O) groups excluding carboxylic acids is 1. The number of hydrogen-bond donors (Lipinski definition) is 1. The first-order valence-electron chi connectivity index (χ1n) is 7.92. The Morgan fingerprint density at radius 1 is 1.25 bits per heavy atom. The van der Waals surface area contributed by atoms with Crippen molar-refractivity contribution in [2.75, 3.05) is 6.61 Å². The molecule has 2 aromatic carbocycles. The van der Waals surface area contributed by atoms with Crippen molar-refractivity contribution in [1.82, 2.24) is 9.88 Å². The van der Waals surface area contributed by atoms with Crippen LogP contribution in [0.5, 0.6) is 5.75 Å². The van der Waals surface area contributed by atoms with Crippen molar-refractivity contribution < 1.29 is 9.53 Å². The Bertz CT molecular complexity index is 929. The number of aryl methyl sites for hydroxylation is 1. The van der Waals surface area contributed by atoms with Gasteiger partial charge >= 0.3 is 0 Å². The van der Waals surface area contributed by atoms with Crippen LogP contribution in [0.2, 0.25) is 5.02 Å². The lowest BCUT2D eigenvalue weighted by atomic mass is 10.1. The zero-order valence-corrected chi connectivity index (χ0v) is 14.1. The van der Waals surface area contributed by atoms with Gasteiger partial charge in [0.1, 0.15) is 18.1 Å². The second-order valence-corrected chi connectivity index (χ2v) is 6.41. The van der Waals surface area contributed by atoms with Gasteiger partial charge in [-0.1, -0.05) is 41.4 Å². The largest absolute Gasteiger partial charge is 0.490 e. The normalized spacial score (nSPS) is 12.9. The molecule has 0 bridgehead atoms. The minimum absolute atomic E-state index is 0.101. The molecule has 0 saturated carbocycles. The third kappa shape index (κ3) is 2.53. The molecule has 1 N–H and O–H groups in total. The van der Waals surface area contributed by atoms with Gasteiger partial charge in [-0.15, -0.1) is 0 Å². The molecule has 4 rings (SSSR count). The SMILES string of the molecule is Cc1ccc(CNC(=O)c2cc3c(Cl)ccc4c3n2CCO4)cc1. The van der Waals surface area contributed by atoms with E-state index < -0.39 is 0 Å². The van der Waals surface area contributed by atoms with Crippen LogP contribution in [0.3, 0.4) is 0 Å². The van der Waals surface area contributed by atoms with Crippen LogP contribution in [0, 0.1) is 6.92 Å². The standard InChI is InChI=1S/C19H17ClN2O2/c1-12-2-4-13(5-3-12)11-21-19(23)16-10-14-15(20)6-7-17-18(14)22(16)8-9-24-17/h2-7,10H,8-9,11H2,1H3,(H,21,23). The molecule has 2 heterocycles. The number of ether oxygens (including phenoxy) is 1. The summed E-state index contributed by atoms with van der Waals surface area (Å²) in [6.07, 6.45) is 0. The molecular weight excluding hydrogens is 324 g/mol. The van der Waals surface area contributed by atoms with E-state index >= 15 is 0 Å². The quantitative estimate of drug-likeness (QED) is 0.785. The summed E-state index contributed by atoms with van der Waals surface area (Å²) in [4.78, 5) is 12.7. The van der Waals surface area contributed by atoms with Crippen LogP contribution in [-0.4, -0.2) is 17.1 Å². The minimum atomic E-state index is -0.101. The average Bonchev–Trinajstić information content (AvgIpc) is 2.99. The van der Waals surface area contributed by atoms with Crippen LogP contribution < -0.4 is 10.1 Å². The van der Waals surface area contributed by atoms with Crippen LogP contribution in [0.1, 0.15) is 21.6 Å². The summed E-state index contributed by atoms with van der Waals surface area (Å²) >= 11 is 6.29. The van der Waals surface area contributed by atoms with E-state index in [0.29, 0.717) is 30.4 Å². The van der Waals surface area contributed by atoms with Crippen molar-refractivity contribution in [2.45, 2.75) is 20.0 Å². The van der Waals surface area contributed by atoms with E-state index in [2.05, 4.69) is 5.32 Å². The highest BCUT2D eigenvalue weighted by Crippen LogP contribution is 2.36. The summed E-state index contributed by atoms with van der Waals surface area (Å²) in [5, 5.41) is 4.48. The van der Waals surface area contributed by atoms with Gasteiger partial charge in [0.15, 0.2) is 0 Å². The second-order valence-electron chi connectivity index (χ2n) is 6.01. The molecule has 0 spiro atoms. The number of nitrogens with zero attached hydrogens (tertiary/aromatic N) is 1. The van der Waals surface area contributed by atoms with Gasteiger partial charge in [0.05, 0.1) is 17.1 Å². The van der Waals surface area contributed by atoms with Crippen LogP contribution in [0.4, 0.5) is 0 Å². The maximum absolute atomic E-state index is 12.7. The molecule has 1 amide bonds. The van der Waals surface area contributed by atoms with Crippen LogP contribution in [0.25, 0.3) is 10.9 Å². The smallest absolute Gasteiger partial charge is 0.268 e. The van der Waals surface area contributed by atoms with Crippen LogP contribution in [-0.2, 0) is 13.1 Å². The van der Waals surface area contributed by atoms with E-state index in [9.17, 15) is 4.79 Å². The molecular formula is C19H17ClN2O2. The van der Waals surface area contributed by atoms with Gasteiger partial charge in [0.25, 0.3) is 5.91 Å².